The number of alkyl halides is 2. The first-order valence-electron chi connectivity index (χ1n) is 4.63. The Hall–Kier alpha value is -0.460. The van der Waals surface area contributed by atoms with E-state index in [-0.39, 0.29) is 11.3 Å². The molecule has 1 rings (SSSR count). The molecule has 3 nitrogen and oxygen atoms in total. The van der Waals surface area contributed by atoms with Crippen LogP contribution in [0.3, 0.4) is 0 Å². The van der Waals surface area contributed by atoms with Gasteiger partial charge in [-0.25, -0.2) is 12.8 Å². The molecule has 1 aromatic carbocycles. The predicted octanol–water partition coefficient (Wildman–Crippen LogP) is 2.73. The van der Waals surface area contributed by atoms with Gasteiger partial charge in [-0.2, -0.15) is 0 Å². The van der Waals surface area contributed by atoms with E-state index in [0.717, 1.165) is 12.1 Å². The first kappa shape index (κ1) is 14.6. The Labute approximate surface area is 112 Å². The normalized spacial score (nSPS) is 15.3. The summed E-state index contributed by atoms with van der Waals surface area (Å²) in [5, 5.41) is 0. The Bertz CT molecular complexity index is 525. The average molecular weight is 344 g/mol. The summed E-state index contributed by atoms with van der Waals surface area (Å²) in [7, 11) is -3.82. The molecule has 0 heterocycles. The van der Waals surface area contributed by atoms with Crippen LogP contribution in [0.25, 0.3) is 0 Å². The van der Waals surface area contributed by atoms with Crippen molar-refractivity contribution in [1.29, 1.82) is 0 Å². The summed E-state index contributed by atoms with van der Waals surface area (Å²) in [6.45, 7) is 1.38. The molecule has 0 saturated carbocycles. The molecule has 17 heavy (non-hydrogen) atoms. The Kier molecular flexibility index (Phi) is 4.33. The molecule has 0 fully saturated rings. The van der Waals surface area contributed by atoms with Gasteiger partial charge in [-0.15, -0.1) is 0 Å². The number of halogens is 3. The molecule has 1 atom stereocenters. The van der Waals surface area contributed by atoms with Crippen molar-refractivity contribution < 1.29 is 17.6 Å². The molecule has 0 aliphatic rings. The molecular formula is C10H9BrClFO3S. The number of hydrogen-bond donors (Lipinski definition) is 0. The van der Waals surface area contributed by atoms with Crippen molar-refractivity contribution in [2.75, 3.05) is 5.75 Å². The van der Waals surface area contributed by atoms with Gasteiger partial charge < -0.3 is 0 Å². The predicted molar refractivity (Wildman–Crippen MR) is 67.7 cm³/mol. The standard InChI is InChI=1S/C10H9BrClFO3S/c1-2-17(15,16)10(11,12)9(14)7-3-5-8(13)6-4-7/h3-6H,2H2,1H3/t10-/m1/s1. The van der Waals surface area contributed by atoms with Crippen LogP contribution in [-0.4, -0.2) is 23.1 Å². The maximum atomic E-state index is 12.7. The van der Waals surface area contributed by atoms with E-state index in [1.807, 2.05) is 0 Å². The van der Waals surface area contributed by atoms with E-state index in [1.165, 1.54) is 19.1 Å². The molecule has 0 aromatic heterocycles. The van der Waals surface area contributed by atoms with Gasteiger partial charge in [-0.1, -0.05) is 18.5 Å². The fourth-order valence-electron chi connectivity index (χ4n) is 1.09. The molecule has 0 N–H and O–H groups in total. The highest BCUT2D eigenvalue weighted by atomic mass is 79.9. The third-order valence-electron chi connectivity index (χ3n) is 2.14. The molecule has 0 aliphatic heterocycles. The van der Waals surface area contributed by atoms with Crippen molar-refractivity contribution in [3.05, 3.63) is 35.6 Å². The molecule has 0 saturated heterocycles. The summed E-state index contributed by atoms with van der Waals surface area (Å²) in [5.74, 6) is -1.63. The highest BCUT2D eigenvalue weighted by Gasteiger charge is 2.45. The van der Waals surface area contributed by atoms with Crippen LogP contribution in [0, 0.1) is 5.82 Å². The number of rotatable bonds is 4. The minimum absolute atomic E-state index is 0.0234. The highest BCUT2D eigenvalue weighted by molar-refractivity contribution is 9.12. The molecule has 0 bridgehead atoms. The summed E-state index contributed by atoms with van der Waals surface area (Å²) >= 11 is 8.46. The molecule has 0 amide bonds. The van der Waals surface area contributed by atoms with E-state index < -0.39 is 24.6 Å². The van der Waals surface area contributed by atoms with Crippen molar-refractivity contribution in [1.82, 2.24) is 0 Å². The summed E-state index contributed by atoms with van der Waals surface area (Å²) in [6.07, 6.45) is 0. The molecule has 0 radical (unpaired) electrons. The summed E-state index contributed by atoms with van der Waals surface area (Å²) < 4.78 is 33.7. The average Bonchev–Trinajstić information content (AvgIpc) is 2.28. The van der Waals surface area contributed by atoms with Gasteiger partial charge in [-0.3, -0.25) is 4.79 Å². The minimum atomic E-state index is -3.82. The monoisotopic (exact) mass is 342 g/mol. The maximum Gasteiger partial charge on any atom is 0.261 e. The van der Waals surface area contributed by atoms with Crippen LogP contribution >= 0.6 is 27.5 Å². The van der Waals surface area contributed by atoms with Crippen LogP contribution in [0.4, 0.5) is 4.39 Å². The number of carbonyl (C=O) groups excluding carboxylic acids is 1. The second-order valence-electron chi connectivity index (χ2n) is 3.26. The zero-order chi connectivity index (χ0) is 13.3. The van der Waals surface area contributed by atoms with Gasteiger partial charge >= 0.3 is 0 Å². The fraction of sp³-hybridized carbons (Fsp3) is 0.300. The molecule has 94 valence electrons. The quantitative estimate of drug-likeness (QED) is 0.624. The highest BCUT2D eigenvalue weighted by Crippen LogP contribution is 2.34. The van der Waals surface area contributed by atoms with Crippen LogP contribution in [0.15, 0.2) is 24.3 Å². The SMILES string of the molecule is CCS(=O)(=O)[C@@](Cl)(Br)C(=O)c1ccc(F)cc1. The van der Waals surface area contributed by atoms with Crippen LogP contribution in [0.2, 0.25) is 0 Å². The van der Waals surface area contributed by atoms with E-state index in [2.05, 4.69) is 15.9 Å². The van der Waals surface area contributed by atoms with Gasteiger partial charge in [0, 0.05) is 5.56 Å². The smallest absolute Gasteiger partial charge is 0.261 e. The van der Waals surface area contributed by atoms with Crippen molar-refractivity contribution in [2.24, 2.45) is 0 Å². The molecular weight excluding hydrogens is 335 g/mol. The third-order valence-corrected chi connectivity index (χ3v) is 6.58. The maximum absolute atomic E-state index is 12.7. The van der Waals surface area contributed by atoms with Gasteiger partial charge in [0.1, 0.15) is 5.82 Å². The summed E-state index contributed by atoms with van der Waals surface area (Å²) in [4.78, 5) is 11.9. The van der Waals surface area contributed by atoms with E-state index in [4.69, 9.17) is 11.6 Å². The minimum Gasteiger partial charge on any atom is -0.290 e. The molecule has 1 aromatic rings. The molecule has 7 heteroatoms. The number of ketones is 1. The van der Waals surface area contributed by atoms with Gasteiger partial charge in [0.15, 0.2) is 9.84 Å². The van der Waals surface area contributed by atoms with Crippen LogP contribution < -0.4 is 0 Å². The van der Waals surface area contributed by atoms with Gasteiger partial charge in [0.25, 0.3) is 3.12 Å². The lowest BCUT2D eigenvalue weighted by Gasteiger charge is -2.18. The van der Waals surface area contributed by atoms with Crippen molar-refractivity contribution in [2.45, 2.75) is 10.0 Å². The third kappa shape index (κ3) is 2.86. The number of Topliss-reactive ketones (excluding diaryl/α,β-unsaturated/α-hetero) is 1. The fourth-order valence-corrected chi connectivity index (χ4v) is 3.21. The summed E-state index contributed by atoms with van der Waals surface area (Å²) in [6, 6.07) is 4.49. The lowest BCUT2D eigenvalue weighted by Crippen LogP contribution is -2.36. The van der Waals surface area contributed by atoms with Crippen LogP contribution in [0.1, 0.15) is 17.3 Å². The van der Waals surface area contributed by atoms with Gasteiger partial charge in [0.05, 0.1) is 5.75 Å². The Morgan fingerprint density at radius 2 is 1.88 bits per heavy atom. The lowest BCUT2D eigenvalue weighted by molar-refractivity contribution is 0.1000. The van der Waals surface area contributed by atoms with E-state index in [0.29, 0.717) is 0 Å². The first-order chi connectivity index (χ1) is 7.72. The summed E-state index contributed by atoms with van der Waals surface area (Å²) in [5.41, 5.74) is 0.0234. The Balaban J connectivity index is 3.18. The number of hydrogen-bond acceptors (Lipinski definition) is 3. The van der Waals surface area contributed by atoms with E-state index in [1.54, 1.807) is 0 Å². The van der Waals surface area contributed by atoms with Crippen LogP contribution in [-0.2, 0) is 9.84 Å². The van der Waals surface area contributed by atoms with Gasteiger partial charge in [0.2, 0.25) is 5.78 Å². The first-order valence-corrected chi connectivity index (χ1v) is 7.45. The zero-order valence-electron chi connectivity index (χ0n) is 8.78. The number of carbonyl (C=O) groups is 1. The van der Waals surface area contributed by atoms with Crippen LogP contribution in [0.5, 0.6) is 0 Å². The number of benzene rings is 1. The lowest BCUT2D eigenvalue weighted by atomic mass is 10.1. The largest absolute Gasteiger partial charge is 0.290 e. The topological polar surface area (TPSA) is 51.2 Å². The molecule has 0 spiro atoms. The molecule has 0 unspecified atom stereocenters. The second kappa shape index (κ2) is 5.04. The van der Waals surface area contributed by atoms with Crippen molar-refractivity contribution in [3.8, 4) is 0 Å². The second-order valence-corrected chi connectivity index (χ2v) is 8.64. The van der Waals surface area contributed by atoms with E-state index in [9.17, 15) is 17.6 Å². The Morgan fingerprint density at radius 3 is 2.29 bits per heavy atom. The Morgan fingerprint density at radius 1 is 1.41 bits per heavy atom. The van der Waals surface area contributed by atoms with Gasteiger partial charge in [-0.05, 0) is 40.2 Å². The zero-order valence-corrected chi connectivity index (χ0v) is 11.9. The van der Waals surface area contributed by atoms with Crippen molar-refractivity contribution in [3.63, 3.8) is 0 Å². The number of sulfone groups is 1. The van der Waals surface area contributed by atoms with E-state index >= 15 is 0 Å². The molecule has 0 aliphatic carbocycles. The van der Waals surface area contributed by atoms with Crippen molar-refractivity contribution >= 4 is 43.2 Å².